The zero-order valence-corrected chi connectivity index (χ0v) is 14.6. The highest BCUT2D eigenvalue weighted by atomic mass is 32.2. The Labute approximate surface area is 142 Å². The third kappa shape index (κ3) is 4.81. The van der Waals surface area contributed by atoms with Crippen LogP contribution in [-0.2, 0) is 10.0 Å². The smallest absolute Gasteiger partial charge is 0.287 e. The van der Waals surface area contributed by atoms with Gasteiger partial charge in [0.15, 0.2) is 5.76 Å². The predicted molar refractivity (Wildman–Crippen MR) is 89.3 cm³/mol. The van der Waals surface area contributed by atoms with Crippen molar-refractivity contribution in [3.05, 3.63) is 17.9 Å². The first-order chi connectivity index (χ1) is 11.5. The van der Waals surface area contributed by atoms with Crippen LogP contribution in [0.4, 0.5) is 0 Å². The number of hydrogen-bond donors (Lipinski definition) is 2. The topological polar surface area (TPSA) is 91.7 Å². The van der Waals surface area contributed by atoms with E-state index in [1.165, 1.54) is 37.8 Å². The second kappa shape index (κ2) is 7.67. The van der Waals surface area contributed by atoms with Crippen molar-refractivity contribution in [2.24, 2.45) is 0 Å². The van der Waals surface area contributed by atoms with Crippen molar-refractivity contribution in [1.82, 2.24) is 14.9 Å². The molecule has 2 heterocycles. The molecule has 1 aliphatic carbocycles. The Bertz CT molecular complexity index is 659. The molecule has 7 nitrogen and oxygen atoms in total. The Morgan fingerprint density at radius 2 is 1.88 bits per heavy atom. The minimum absolute atomic E-state index is 0.00556. The molecule has 0 bridgehead atoms. The maximum absolute atomic E-state index is 12.1. The van der Waals surface area contributed by atoms with Crippen LogP contribution in [0.1, 0.15) is 49.1 Å². The standard InChI is InChI=1S/C16H25N3O4S/c20-16(17-9-12-19-10-3-1-2-4-11-19)14-7-8-15(23-14)24(21,22)18-13-5-6-13/h7-8,13,18H,1-6,9-12H2,(H,17,20). The first-order valence-corrected chi connectivity index (χ1v) is 10.2. The van der Waals surface area contributed by atoms with Crippen molar-refractivity contribution in [2.45, 2.75) is 49.7 Å². The third-order valence-electron chi connectivity index (χ3n) is 4.38. The maximum atomic E-state index is 12.1. The Balaban J connectivity index is 1.48. The number of likely N-dealkylation sites (tertiary alicyclic amines) is 1. The molecule has 2 N–H and O–H groups in total. The molecule has 3 rings (SSSR count). The van der Waals surface area contributed by atoms with Gasteiger partial charge in [-0.3, -0.25) is 4.79 Å². The number of carbonyl (C=O) groups excluding carboxylic acids is 1. The SMILES string of the molecule is O=C(NCCN1CCCCCC1)c1ccc(S(=O)(=O)NC2CC2)o1. The summed E-state index contributed by atoms with van der Waals surface area (Å²) in [5, 5.41) is 2.59. The molecule has 2 fully saturated rings. The average Bonchev–Trinajstić information content (AvgIpc) is 3.26. The fraction of sp³-hybridized carbons (Fsp3) is 0.688. The minimum atomic E-state index is -3.66. The van der Waals surface area contributed by atoms with E-state index < -0.39 is 10.0 Å². The molecular weight excluding hydrogens is 330 g/mol. The molecule has 24 heavy (non-hydrogen) atoms. The molecule has 2 aliphatic rings. The van der Waals surface area contributed by atoms with Gasteiger partial charge in [-0.1, -0.05) is 12.8 Å². The number of furan rings is 1. The Morgan fingerprint density at radius 1 is 1.17 bits per heavy atom. The summed E-state index contributed by atoms with van der Waals surface area (Å²) in [6, 6.07) is 2.74. The van der Waals surface area contributed by atoms with Gasteiger partial charge in [0.25, 0.3) is 15.9 Å². The number of hydrogen-bond acceptors (Lipinski definition) is 5. The van der Waals surface area contributed by atoms with E-state index in [9.17, 15) is 13.2 Å². The maximum Gasteiger partial charge on any atom is 0.287 e. The largest absolute Gasteiger partial charge is 0.438 e. The monoisotopic (exact) mass is 355 g/mol. The molecule has 1 aromatic rings. The van der Waals surface area contributed by atoms with Gasteiger partial charge in [0.1, 0.15) is 0 Å². The van der Waals surface area contributed by atoms with Gasteiger partial charge < -0.3 is 14.6 Å². The molecule has 0 aromatic carbocycles. The van der Waals surface area contributed by atoms with Crippen LogP contribution in [0.2, 0.25) is 0 Å². The molecule has 1 amide bonds. The lowest BCUT2D eigenvalue weighted by Gasteiger charge is -2.19. The van der Waals surface area contributed by atoms with Crippen LogP contribution < -0.4 is 10.0 Å². The first kappa shape index (κ1) is 17.4. The molecule has 1 aliphatic heterocycles. The highest BCUT2D eigenvalue weighted by Gasteiger charge is 2.30. The Hall–Kier alpha value is -1.38. The summed E-state index contributed by atoms with van der Waals surface area (Å²) in [5.74, 6) is -0.347. The van der Waals surface area contributed by atoms with Gasteiger partial charge in [0.2, 0.25) is 5.09 Å². The molecule has 8 heteroatoms. The van der Waals surface area contributed by atoms with Gasteiger partial charge >= 0.3 is 0 Å². The summed E-state index contributed by atoms with van der Waals surface area (Å²) in [5.41, 5.74) is 0. The molecule has 1 saturated carbocycles. The van der Waals surface area contributed by atoms with Crippen LogP contribution in [0.25, 0.3) is 0 Å². The van der Waals surface area contributed by atoms with Crippen LogP contribution >= 0.6 is 0 Å². The van der Waals surface area contributed by atoms with E-state index in [-0.39, 0.29) is 22.8 Å². The lowest BCUT2D eigenvalue weighted by atomic mass is 10.2. The van der Waals surface area contributed by atoms with Gasteiger partial charge in [-0.2, -0.15) is 0 Å². The summed E-state index contributed by atoms with van der Waals surface area (Å²) >= 11 is 0. The fourth-order valence-electron chi connectivity index (χ4n) is 2.84. The average molecular weight is 355 g/mol. The van der Waals surface area contributed by atoms with E-state index in [4.69, 9.17) is 4.42 Å². The van der Waals surface area contributed by atoms with E-state index in [0.29, 0.717) is 6.54 Å². The number of sulfonamides is 1. The molecule has 0 spiro atoms. The van der Waals surface area contributed by atoms with Crippen LogP contribution in [0.5, 0.6) is 0 Å². The second-order valence-electron chi connectivity index (χ2n) is 6.53. The predicted octanol–water partition coefficient (Wildman–Crippen LogP) is 1.33. The van der Waals surface area contributed by atoms with Crippen molar-refractivity contribution in [2.75, 3.05) is 26.2 Å². The van der Waals surface area contributed by atoms with Crippen LogP contribution in [0.3, 0.4) is 0 Å². The lowest BCUT2D eigenvalue weighted by molar-refractivity contribution is 0.0915. The Morgan fingerprint density at radius 3 is 2.54 bits per heavy atom. The molecular formula is C16H25N3O4S. The summed E-state index contributed by atoms with van der Waals surface area (Å²) in [6.45, 7) is 3.49. The molecule has 0 radical (unpaired) electrons. The quantitative estimate of drug-likeness (QED) is 0.770. The molecule has 1 aromatic heterocycles. The van der Waals surface area contributed by atoms with Crippen LogP contribution in [-0.4, -0.2) is 51.4 Å². The highest BCUT2D eigenvalue weighted by molar-refractivity contribution is 7.89. The number of rotatable bonds is 7. The summed E-state index contributed by atoms with van der Waals surface area (Å²) < 4.78 is 31.8. The van der Waals surface area contributed by atoms with Crippen molar-refractivity contribution < 1.29 is 17.6 Å². The van der Waals surface area contributed by atoms with Crippen molar-refractivity contribution in [3.8, 4) is 0 Å². The van der Waals surface area contributed by atoms with Gasteiger partial charge in [0, 0.05) is 19.1 Å². The second-order valence-corrected chi connectivity index (χ2v) is 8.17. The minimum Gasteiger partial charge on any atom is -0.438 e. The van der Waals surface area contributed by atoms with Gasteiger partial charge in [-0.15, -0.1) is 0 Å². The zero-order chi connectivity index (χ0) is 17.0. The van der Waals surface area contributed by atoms with Crippen molar-refractivity contribution >= 4 is 15.9 Å². The Kier molecular flexibility index (Phi) is 5.57. The zero-order valence-electron chi connectivity index (χ0n) is 13.8. The summed E-state index contributed by atoms with van der Waals surface area (Å²) in [6.07, 6.45) is 6.68. The number of carbonyl (C=O) groups is 1. The number of amides is 1. The van der Waals surface area contributed by atoms with Crippen molar-refractivity contribution in [1.29, 1.82) is 0 Å². The van der Waals surface area contributed by atoms with E-state index >= 15 is 0 Å². The van der Waals surface area contributed by atoms with Gasteiger partial charge in [-0.25, -0.2) is 13.1 Å². The molecule has 0 unspecified atom stereocenters. The van der Waals surface area contributed by atoms with E-state index in [1.54, 1.807) is 0 Å². The molecule has 0 atom stereocenters. The van der Waals surface area contributed by atoms with Gasteiger partial charge in [-0.05, 0) is 50.9 Å². The number of nitrogens with one attached hydrogen (secondary N) is 2. The summed E-state index contributed by atoms with van der Waals surface area (Å²) in [7, 11) is -3.66. The normalized spacial score (nSPS) is 19.8. The van der Waals surface area contributed by atoms with Gasteiger partial charge in [0.05, 0.1) is 0 Å². The van der Waals surface area contributed by atoms with E-state index in [0.717, 1.165) is 32.5 Å². The highest BCUT2D eigenvalue weighted by Crippen LogP contribution is 2.23. The van der Waals surface area contributed by atoms with Crippen LogP contribution in [0, 0.1) is 0 Å². The number of nitrogens with zero attached hydrogens (tertiary/aromatic N) is 1. The van der Waals surface area contributed by atoms with Crippen LogP contribution in [0.15, 0.2) is 21.6 Å². The molecule has 1 saturated heterocycles. The summed E-state index contributed by atoms with van der Waals surface area (Å²) in [4.78, 5) is 14.4. The third-order valence-corrected chi connectivity index (χ3v) is 5.77. The molecule has 134 valence electrons. The first-order valence-electron chi connectivity index (χ1n) is 8.67. The lowest BCUT2D eigenvalue weighted by Crippen LogP contribution is -2.35. The fourth-order valence-corrected chi connectivity index (χ4v) is 4.08. The van der Waals surface area contributed by atoms with Crippen molar-refractivity contribution in [3.63, 3.8) is 0 Å². The van der Waals surface area contributed by atoms with E-state index in [1.807, 2.05) is 0 Å². The van der Waals surface area contributed by atoms with E-state index in [2.05, 4.69) is 14.9 Å².